The molecule has 1 amide bonds. The van der Waals surface area contributed by atoms with Crippen molar-refractivity contribution >= 4 is 29.0 Å². The minimum Gasteiger partial charge on any atom is -0.508 e. The fraction of sp³-hybridized carbons (Fsp3) is 0.125. The molecule has 1 heterocycles. The third-order valence-corrected chi connectivity index (χ3v) is 5.96. The van der Waals surface area contributed by atoms with Crippen LogP contribution in [-0.4, -0.2) is 31.0 Å². The first-order valence-electron chi connectivity index (χ1n) is 9.84. The Morgan fingerprint density at radius 1 is 0.903 bits per heavy atom. The Hall–Kier alpha value is -3.58. The molecule has 1 atom stereocenters. The van der Waals surface area contributed by atoms with Crippen LogP contribution in [0.1, 0.15) is 6.92 Å². The molecule has 3 aromatic carbocycles. The van der Waals surface area contributed by atoms with Gasteiger partial charge in [0.2, 0.25) is 5.91 Å². The van der Waals surface area contributed by atoms with E-state index >= 15 is 0 Å². The summed E-state index contributed by atoms with van der Waals surface area (Å²) in [6, 6.07) is 26.0. The van der Waals surface area contributed by atoms with E-state index in [-0.39, 0.29) is 11.7 Å². The van der Waals surface area contributed by atoms with Crippen molar-refractivity contribution in [2.45, 2.75) is 17.3 Å². The second-order valence-corrected chi connectivity index (χ2v) is 8.32. The molecule has 4 aromatic rings. The van der Waals surface area contributed by atoms with Crippen molar-refractivity contribution in [2.24, 2.45) is 7.05 Å². The predicted molar refractivity (Wildman–Crippen MR) is 123 cm³/mol. The number of para-hydroxylation sites is 2. The number of anilines is 2. The summed E-state index contributed by atoms with van der Waals surface area (Å²) in [7, 11) is 1.87. The second kappa shape index (κ2) is 9.06. The summed E-state index contributed by atoms with van der Waals surface area (Å²) in [6.45, 7) is 1.88. The molecule has 1 N–H and O–H groups in total. The number of carbonyl (C=O) groups excluding carboxylic acids is 1. The van der Waals surface area contributed by atoms with Crippen LogP contribution in [0.5, 0.6) is 5.75 Å². The van der Waals surface area contributed by atoms with E-state index in [4.69, 9.17) is 0 Å². The van der Waals surface area contributed by atoms with Crippen LogP contribution in [0.25, 0.3) is 11.4 Å². The number of phenolic OH excluding ortho intramolecular Hbond substituents is 1. The molecule has 0 spiro atoms. The summed E-state index contributed by atoms with van der Waals surface area (Å²) in [6.07, 6.45) is 0. The van der Waals surface area contributed by atoms with Crippen molar-refractivity contribution in [3.05, 3.63) is 84.9 Å². The Morgan fingerprint density at radius 3 is 2.00 bits per heavy atom. The number of aromatic nitrogens is 3. The number of thioether (sulfide) groups is 1. The summed E-state index contributed by atoms with van der Waals surface area (Å²) in [5.41, 5.74) is 2.47. The van der Waals surface area contributed by atoms with Gasteiger partial charge in [0, 0.05) is 24.0 Å². The van der Waals surface area contributed by atoms with Crippen molar-refractivity contribution in [3.63, 3.8) is 0 Å². The molecule has 31 heavy (non-hydrogen) atoms. The van der Waals surface area contributed by atoms with Crippen molar-refractivity contribution in [2.75, 3.05) is 4.90 Å². The standard InChI is InChI=1S/C24H22N4O2S/c1-17(31-24-26-25-22(27(24)2)18-13-15-21(29)16-14-18)23(30)28(19-9-5-3-6-10-19)20-11-7-4-8-12-20/h3-17,29H,1-2H3. The molecule has 0 aliphatic heterocycles. The predicted octanol–water partition coefficient (Wildman–Crippen LogP) is 5.03. The molecule has 1 unspecified atom stereocenters. The smallest absolute Gasteiger partial charge is 0.244 e. The number of carbonyl (C=O) groups is 1. The highest BCUT2D eigenvalue weighted by atomic mass is 32.2. The van der Waals surface area contributed by atoms with Gasteiger partial charge < -0.3 is 9.67 Å². The number of benzene rings is 3. The van der Waals surface area contributed by atoms with Crippen LogP contribution in [-0.2, 0) is 11.8 Å². The molecule has 4 rings (SSSR count). The SMILES string of the molecule is CC(Sc1nnc(-c2ccc(O)cc2)n1C)C(=O)N(c1ccccc1)c1ccccc1. The Kier molecular flexibility index (Phi) is 6.04. The fourth-order valence-electron chi connectivity index (χ4n) is 3.23. The highest BCUT2D eigenvalue weighted by Crippen LogP contribution is 2.31. The van der Waals surface area contributed by atoms with Gasteiger partial charge in [-0.2, -0.15) is 0 Å². The number of nitrogens with zero attached hydrogens (tertiary/aromatic N) is 4. The molecule has 0 saturated carbocycles. The monoisotopic (exact) mass is 430 g/mol. The molecule has 156 valence electrons. The zero-order chi connectivity index (χ0) is 21.8. The Morgan fingerprint density at radius 2 is 1.45 bits per heavy atom. The molecule has 1 aromatic heterocycles. The maximum atomic E-state index is 13.5. The van der Waals surface area contributed by atoms with Crippen LogP contribution in [0.15, 0.2) is 90.1 Å². The van der Waals surface area contributed by atoms with Crippen LogP contribution in [0, 0.1) is 0 Å². The van der Waals surface area contributed by atoms with Crippen LogP contribution in [0.3, 0.4) is 0 Å². The lowest BCUT2D eigenvalue weighted by Crippen LogP contribution is -2.33. The maximum Gasteiger partial charge on any atom is 0.244 e. The second-order valence-electron chi connectivity index (χ2n) is 7.02. The van der Waals surface area contributed by atoms with E-state index in [2.05, 4.69) is 10.2 Å². The number of aromatic hydroxyl groups is 1. The Labute approximate surface area is 185 Å². The van der Waals surface area contributed by atoms with Crippen molar-refractivity contribution in [3.8, 4) is 17.1 Å². The van der Waals surface area contributed by atoms with E-state index in [1.807, 2.05) is 79.2 Å². The van der Waals surface area contributed by atoms with Gasteiger partial charge in [-0.05, 0) is 55.5 Å². The third kappa shape index (κ3) is 4.46. The van der Waals surface area contributed by atoms with E-state index in [0.29, 0.717) is 11.0 Å². The van der Waals surface area contributed by atoms with Gasteiger partial charge in [0.25, 0.3) is 0 Å². The number of hydrogen-bond acceptors (Lipinski definition) is 5. The first-order valence-corrected chi connectivity index (χ1v) is 10.7. The van der Waals surface area contributed by atoms with Gasteiger partial charge in [0.15, 0.2) is 11.0 Å². The number of rotatable bonds is 6. The molecule has 0 saturated heterocycles. The van der Waals surface area contributed by atoms with Gasteiger partial charge >= 0.3 is 0 Å². The fourth-order valence-corrected chi connectivity index (χ4v) is 4.08. The van der Waals surface area contributed by atoms with Gasteiger partial charge in [0.05, 0.1) is 5.25 Å². The molecule has 6 nitrogen and oxygen atoms in total. The number of amides is 1. The van der Waals surface area contributed by atoms with Gasteiger partial charge in [-0.15, -0.1) is 10.2 Å². The summed E-state index contributed by atoms with van der Waals surface area (Å²) < 4.78 is 1.86. The molecule has 0 radical (unpaired) electrons. The molecule has 7 heteroatoms. The summed E-state index contributed by atoms with van der Waals surface area (Å²) >= 11 is 1.36. The molecule has 0 aliphatic carbocycles. The highest BCUT2D eigenvalue weighted by Gasteiger charge is 2.26. The van der Waals surface area contributed by atoms with E-state index < -0.39 is 5.25 Å². The van der Waals surface area contributed by atoms with Gasteiger partial charge in [-0.25, -0.2) is 0 Å². The average molecular weight is 431 g/mol. The van der Waals surface area contributed by atoms with E-state index in [1.54, 1.807) is 29.2 Å². The van der Waals surface area contributed by atoms with Crippen molar-refractivity contribution < 1.29 is 9.90 Å². The molecular weight excluding hydrogens is 408 g/mol. The van der Waals surface area contributed by atoms with Crippen LogP contribution in [0.4, 0.5) is 11.4 Å². The molecule has 0 fully saturated rings. The first kappa shape index (κ1) is 20.7. The zero-order valence-corrected chi connectivity index (χ0v) is 18.0. The summed E-state index contributed by atoms with van der Waals surface area (Å²) in [5, 5.41) is 18.3. The Balaban J connectivity index is 1.59. The molecular formula is C24H22N4O2S. The van der Waals surface area contributed by atoms with Crippen LogP contribution >= 0.6 is 11.8 Å². The zero-order valence-electron chi connectivity index (χ0n) is 17.2. The molecule has 0 bridgehead atoms. The van der Waals surface area contributed by atoms with E-state index in [0.717, 1.165) is 16.9 Å². The number of hydrogen-bond donors (Lipinski definition) is 1. The van der Waals surface area contributed by atoms with Gasteiger partial charge in [0.1, 0.15) is 5.75 Å². The van der Waals surface area contributed by atoms with Crippen LogP contribution in [0.2, 0.25) is 0 Å². The highest BCUT2D eigenvalue weighted by molar-refractivity contribution is 8.00. The Bertz CT molecular complexity index is 1120. The topological polar surface area (TPSA) is 71.2 Å². The van der Waals surface area contributed by atoms with Crippen molar-refractivity contribution in [1.82, 2.24) is 14.8 Å². The quantitative estimate of drug-likeness (QED) is 0.434. The maximum absolute atomic E-state index is 13.5. The van der Waals surface area contributed by atoms with Gasteiger partial charge in [-0.1, -0.05) is 48.2 Å². The summed E-state index contributed by atoms with van der Waals surface area (Å²) in [5.74, 6) is 0.823. The minimum absolute atomic E-state index is 0.0448. The average Bonchev–Trinajstić information content (AvgIpc) is 3.16. The lowest BCUT2D eigenvalue weighted by atomic mass is 10.2. The minimum atomic E-state index is -0.393. The third-order valence-electron chi connectivity index (χ3n) is 4.84. The summed E-state index contributed by atoms with van der Waals surface area (Å²) in [4.78, 5) is 15.2. The lowest BCUT2D eigenvalue weighted by molar-refractivity contribution is -0.117. The van der Waals surface area contributed by atoms with Crippen molar-refractivity contribution in [1.29, 1.82) is 0 Å². The molecule has 0 aliphatic rings. The van der Waals surface area contributed by atoms with Gasteiger partial charge in [-0.3, -0.25) is 9.69 Å². The number of phenols is 1. The van der Waals surface area contributed by atoms with E-state index in [1.165, 1.54) is 11.8 Å². The van der Waals surface area contributed by atoms with Crippen LogP contribution < -0.4 is 4.90 Å². The lowest BCUT2D eigenvalue weighted by Gasteiger charge is -2.25. The largest absolute Gasteiger partial charge is 0.508 e. The normalized spacial score (nSPS) is 11.8. The first-order chi connectivity index (χ1) is 15.0. The van der Waals surface area contributed by atoms with E-state index in [9.17, 15) is 9.90 Å².